The van der Waals surface area contributed by atoms with Crippen molar-refractivity contribution in [2.75, 3.05) is 7.11 Å². The van der Waals surface area contributed by atoms with Gasteiger partial charge >= 0.3 is 5.97 Å². The monoisotopic (exact) mass is 244 g/mol. The molecule has 18 heavy (non-hydrogen) atoms. The molecule has 1 aromatic carbocycles. The Kier molecular flexibility index (Phi) is 3.07. The lowest BCUT2D eigenvalue weighted by Gasteiger charge is -2.12. The van der Waals surface area contributed by atoms with Gasteiger partial charge in [-0.2, -0.15) is 0 Å². The summed E-state index contributed by atoms with van der Waals surface area (Å²) in [4.78, 5) is 23.4. The first-order chi connectivity index (χ1) is 8.56. The molecule has 0 N–H and O–H groups in total. The third-order valence-corrected chi connectivity index (χ3v) is 3.44. The van der Waals surface area contributed by atoms with Crippen molar-refractivity contribution in [2.45, 2.75) is 20.3 Å². The fraction of sp³-hybridized carbons (Fsp3) is 0.333. The first kappa shape index (κ1) is 12.6. The lowest BCUT2D eigenvalue weighted by atomic mass is 9.92. The van der Waals surface area contributed by atoms with Crippen LogP contribution in [0.25, 0.3) is 5.57 Å². The van der Waals surface area contributed by atoms with Crippen LogP contribution in [0.2, 0.25) is 0 Å². The standard InChI is InChI=1S/C15H16O3/c1-4-11-5-7-12(8-6-11)13-9-15(13,10(2)16)14(17)18-3/h5-9H,4H2,1-3H3/t15-/m0/s1. The summed E-state index contributed by atoms with van der Waals surface area (Å²) in [5, 5.41) is 0. The minimum Gasteiger partial charge on any atom is -0.468 e. The van der Waals surface area contributed by atoms with Crippen molar-refractivity contribution in [3.8, 4) is 0 Å². The normalized spacial score (nSPS) is 21.2. The molecule has 0 aliphatic heterocycles. The molecule has 1 atom stereocenters. The number of Topliss-reactive ketones (excluding diaryl/α,β-unsaturated/α-hetero) is 1. The first-order valence-corrected chi connectivity index (χ1v) is 5.98. The van der Waals surface area contributed by atoms with Crippen molar-refractivity contribution in [3.63, 3.8) is 0 Å². The van der Waals surface area contributed by atoms with Crippen molar-refractivity contribution in [1.29, 1.82) is 0 Å². The summed E-state index contributed by atoms with van der Waals surface area (Å²) < 4.78 is 4.72. The summed E-state index contributed by atoms with van der Waals surface area (Å²) in [6.45, 7) is 3.50. The molecule has 0 aromatic heterocycles. The molecule has 0 radical (unpaired) electrons. The maximum absolute atomic E-state index is 11.7. The van der Waals surface area contributed by atoms with Crippen molar-refractivity contribution >= 4 is 17.3 Å². The zero-order valence-corrected chi connectivity index (χ0v) is 10.8. The second kappa shape index (κ2) is 4.41. The van der Waals surface area contributed by atoms with Crippen LogP contribution in [0.15, 0.2) is 30.3 Å². The number of rotatable bonds is 4. The van der Waals surface area contributed by atoms with Gasteiger partial charge in [0.2, 0.25) is 0 Å². The van der Waals surface area contributed by atoms with E-state index in [1.807, 2.05) is 24.3 Å². The van der Waals surface area contributed by atoms with Crippen molar-refractivity contribution in [1.82, 2.24) is 0 Å². The molecule has 0 spiro atoms. The summed E-state index contributed by atoms with van der Waals surface area (Å²) in [7, 11) is 1.30. The van der Waals surface area contributed by atoms with Gasteiger partial charge in [0.1, 0.15) is 0 Å². The Labute approximate surface area is 106 Å². The van der Waals surface area contributed by atoms with E-state index in [-0.39, 0.29) is 5.78 Å². The molecular formula is C15H16O3. The molecule has 94 valence electrons. The quantitative estimate of drug-likeness (QED) is 0.603. The smallest absolute Gasteiger partial charge is 0.327 e. The van der Waals surface area contributed by atoms with Crippen LogP contribution in [0, 0.1) is 5.41 Å². The number of hydrogen-bond donors (Lipinski definition) is 0. The number of benzene rings is 1. The average Bonchev–Trinajstić information content (AvgIpc) is 3.14. The van der Waals surface area contributed by atoms with Crippen LogP contribution in [-0.4, -0.2) is 18.9 Å². The summed E-state index contributed by atoms with van der Waals surface area (Å²) >= 11 is 0. The fourth-order valence-corrected chi connectivity index (χ4v) is 2.18. The van der Waals surface area contributed by atoms with Crippen molar-refractivity contribution < 1.29 is 14.3 Å². The van der Waals surface area contributed by atoms with Gasteiger partial charge in [-0.15, -0.1) is 0 Å². The molecule has 0 amide bonds. The van der Waals surface area contributed by atoms with Gasteiger partial charge in [0.05, 0.1) is 7.11 Å². The maximum Gasteiger partial charge on any atom is 0.327 e. The minimum atomic E-state index is -1.14. The summed E-state index contributed by atoms with van der Waals surface area (Å²) in [5.41, 5.74) is 1.76. The molecule has 0 fully saturated rings. The van der Waals surface area contributed by atoms with Crippen LogP contribution in [0.5, 0.6) is 0 Å². The highest BCUT2D eigenvalue weighted by Gasteiger charge is 2.56. The average molecular weight is 244 g/mol. The third-order valence-electron chi connectivity index (χ3n) is 3.44. The van der Waals surface area contributed by atoms with E-state index in [0.717, 1.165) is 17.6 Å². The van der Waals surface area contributed by atoms with E-state index in [1.54, 1.807) is 6.08 Å². The number of hydrogen-bond acceptors (Lipinski definition) is 3. The van der Waals surface area contributed by atoms with E-state index in [9.17, 15) is 9.59 Å². The Bertz CT molecular complexity index is 525. The predicted octanol–water partition coefficient (Wildman–Crippen LogP) is 2.39. The van der Waals surface area contributed by atoms with Crippen LogP contribution in [0.4, 0.5) is 0 Å². The van der Waals surface area contributed by atoms with Crippen molar-refractivity contribution in [3.05, 3.63) is 41.5 Å². The van der Waals surface area contributed by atoms with Crippen molar-refractivity contribution in [2.24, 2.45) is 5.41 Å². The highest BCUT2D eigenvalue weighted by molar-refractivity contribution is 6.24. The Morgan fingerprint density at radius 2 is 1.83 bits per heavy atom. The largest absolute Gasteiger partial charge is 0.468 e. The molecule has 3 heteroatoms. The number of carbonyl (C=O) groups is 2. The number of methoxy groups -OCH3 is 1. The van der Waals surface area contributed by atoms with Gasteiger partial charge < -0.3 is 4.74 Å². The topological polar surface area (TPSA) is 43.4 Å². The van der Waals surface area contributed by atoms with Crippen LogP contribution < -0.4 is 0 Å². The van der Waals surface area contributed by atoms with E-state index >= 15 is 0 Å². The second-order valence-electron chi connectivity index (χ2n) is 4.46. The van der Waals surface area contributed by atoms with Gasteiger partial charge in [-0.05, 0) is 36.1 Å². The molecule has 0 saturated carbocycles. The van der Waals surface area contributed by atoms with Crippen LogP contribution >= 0.6 is 0 Å². The molecule has 0 bridgehead atoms. The van der Waals surface area contributed by atoms with Gasteiger partial charge in [0.15, 0.2) is 11.2 Å². The number of carbonyl (C=O) groups excluding carboxylic acids is 2. The van der Waals surface area contributed by atoms with E-state index in [2.05, 4.69) is 6.92 Å². The Hall–Kier alpha value is -1.90. The molecule has 0 unspecified atom stereocenters. The molecule has 2 rings (SSSR count). The van der Waals surface area contributed by atoms with E-state index < -0.39 is 11.4 Å². The van der Waals surface area contributed by atoms with E-state index in [0.29, 0.717) is 0 Å². The van der Waals surface area contributed by atoms with Gasteiger partial charge in [0, 0.05) is 0 Å². The molecule has 1 aliphatic rings. The van der Waals surface area contributed by atoms with Gasteiger partial charge in [-0.1, -0.05) is 31.2 Å². The second-order valence-corrected chi connectivity index (χ2v) is 4.46. The SMILES string of the molecule is CCc1ccc(C2=C[C@@]2(C(C)=O)C(=O)OC)cc1. The van der Waals surface area contributed by atoms with Gasteiger partial charge in [0.25, 0.3) is 0 Å². The van der Waals surface area contributed by atoms with Gasteiger partial charge in [-0.25, -0.2) is 0 Å². The Morgan fingerprint density at radius 3 is 2.28 bits per heavy atom. The van der Waals surface area contributed by atoms with E-state index in [4.69, 9.17) is 4.74 Å². The Balaban J connectivity index is 2.28. The van der Waals surface area contributed by atoms with E-state index in [1.165, 1.54) is 19.6 Å². The third kappa shape index (κ3) is 1.76. The maximum atomic E-state index is 11.7. The number of ether oxygens (including phenoxy) is 1. The fourth-order valence-electron chi connectivity index (χ4n) is 2.18. The predicted molar refractivity (Wildman–Crippen MR) is 68.9 cm³/mol. The molecule has 1 aromatic rings. The molecular weight excluding hydrogens is 228 g/mol. The summed E-state index contributed by atoms with van der Waals surface area (Å²) in [5.74, 6) is -0.687. The lowest BCUT2D eigenvalue weighted by molar-refractivity contribution is -0.148. The lowest BCUT2D eigenvalue weighted by Crippen LogP contribution is -2.28. The number of aryl methyl sites for hydroxylation is 1. The molecule has 0 heterocycles. The highest BCUT2D eigenvalue weighted by atomic mass is 16.5. The van der Waals surface area contributed by atoms with Gasteiger partial charge in [-0.3, -0.25) is 9.59 Å². The molecule has 1 aliphatic carbocycles. The number of ketones is 1. The zero-order chi connectivity index (χ0) is 13.3. The summed E-state index contributed by atoms with van der Waals surface area (Å²) in [6.07, 6.45) is 2.65. The zero-order valence-electron chi connectivity index (χ0n) is 10.8. The van der Waals surface area contributed by atoms with Crippen LogP contribution in [0.3, 0.4) is 0 Å². The van der Waals surface area contributed by atoms with Crippen LogP contribution in [0.1, 0.15) is 25.0 Å². The highest BCUT2D eigenvalue weighted by Crippen LogP contribution is 2.52. The minimum absolute atomic E-state index is 0.191. The molecule has 0 saturated heterocycles. The molecule has 3 nitrogen and oxygen atoms in total. The summed E-state index contributed by atoms with van der Waals surface area (Å²) in [6, 6.07) is 7.91. The first-order valence-electron chi connectivity index (χ1n) is 5.98. The van der Waals surface area contributed by atoms with Crippen LogP contribution in [-0.2, 0) is 20.7 Å². The number of esters is 1. The Morgan fingerprint density at radius 1 is 1.22 bits per heavy atom.